The summed E-state index contributed by atoms with van der Waals surface area (Å²) in [4.78, 5) is 82.6. The number of carbonyl (C=O) groups excluding carboxylic acids is 6. The van der Waals surface area contributed by atoms with Crippen molar-refractivity contribution < 1.29 is 77.2 Å². The number of amides is 1. The smallest absolute Gasteiger partial charge is 0.350 e. The van der Waals surface area contributed by atoms with E-state index in [0.717, 1.165) is 13.8 Å². The fourth-order valence-corrected chi connectivity index (χ4v) is 9.88. The lowest BCUT2D eigenvalue weighted by atomic mass is 9.44. The Labute approximate surface area is 359 Å². The molecule has 1 aliphatic heterocycles. The maximum absolute atomic E-state index is 15.2. The molecule has 0 radical (unpaired) electrons. The van der Waals surface area contributed by atoms with Gasteiger partial charge in [0, 0.05) is 50.7 Å². The van der Waals surface area contributed by atoms with Crippen molar-refractivity contribution in [1.29, 1.82) is 0 Å². The van der Waals surface area contributed by atoms with Gasteiger partial charge in [-0.15, -0.1) is 0 Å². The van der Waals surface area contributed by atoms with E-state index in [-0.39, 0.29) is 43.0 Å². The fraction of sp³-hybridized carbons (Fsp3) is 0.556. The molecule has 17 heteroatoms. The van der Waals surface area contributed by atoms with Crippen LogP contribution in [0.3, 0.4) is 0 Å². The van der Waals surface area contributed by atoms with Crippen LogP contribution in [0.15, 0.2) is 71.8 Å². The number of rotatable bonds is 14. The van der Waals surface area contributed by atoms with Crippen LogP contribution >= 0.6 is 0 Å². The topological polar surface area (TPSA) is 240 Å². The number of hydrogen-bond acceptors (Lipinski definition) is 16. The highest BCUT2D eigenvalue weighted by molar-refractivity contribution is 5.96. The zero-order valence-corrected chi connectivity index (χ0v) is 35.8. The lowest BCUT2D eigenvalue weighted by Crippen LogP contribution is -2.81. The summed E-state index contributed by atoms with van der Waals surface area (Å²) in [5.41, 5.74) is -7.03. The van der Waals surface area contributed by atoms with E-state index in [2.05, 4.69) is 5.32 Å². The van der Waals surface area contributed by atoms with E-state index in [1.54, 1.807) is 60.7 Å². The third-order valence-electron chi connectivity index (χ3n) is 13.2. The number of carbonyl (C=O) groups is 6. The van der Waals surface area contributed by atoms with Crippen molar-refractivity contribution in [2.45, 2.75) is 108 Å². The minimum Gasteiger partial charge on any atom is -0.455 e. The number of methoxy groups -OCH3 is 1. The molecule has 2 bridgehead atoms. The zero-order valence-electron chi connectivity index (χ0n) is 35.8. The summed E-state index contributed by atoms with van der Waals surface area (Å²) in [5.74, 6) is -6.89. The van der Waals surface area contributed by atoms with Crippen molar-refractivity contribution in [3.8, 4) is 0 Å². The van der Waals surface area contributed by atoms with E-state index in [1.165, 1.54) is 34.8 Å². The van der Waals surface area contributed by atoms with Gasteiger partial charge in [-0.1, -0.05) is 62.4 Å². The molecule has 3 aliphatic carbocycles. The van der Waals surface area contributed by atoms with Crippen molar-refractivity contribution in [2.75, 3.05) is 33.5 Å². The van der Waals surface area contributed by atoms with Gasteiger partial charge in [-0.05, 0) is 42.7 Å². The Morgan fingerprint density at radius 1 is 0.919 bits per heavy atom. The summed E-state index contributed by atoms with van der Waals surface area (Å²) in [6.45, 7) is 7.45. The molecule has 0 spiro atoms. The third kappa shape index (κ3) is 8.17. The average Bonchev–Trinajstić information content (AvgIpc) is 3.22. The van der Waals surface area contributed by atoms with Crippen molar-refractivity contribution in [2.24, 2.45) is 16.7 Å². The Kier molecular flexibility index (Phi) is 13.5. The number of aliphatic hydroxyl groups is 3. The second kappa shape index (κ2) is 18.0. The van der Waals surface area contributed by atoms with E-state index >= 15 is 4.79 Å². The van der Waals surface area contributed by atoms with Crippen LogP contribution in [0, 0.1) is 16.7 Å². The molecule has 0 aromatic heterocycles. The molecule has 1 amide bonds. The number of nitrogens with one attached hydrogen (secondary N) is 1. The van der Waals surface area contributed by atoms with Crippen molar-refractivity contribution in [3.05, 3.63) is 82.9 Å². The molecular weight excluding hydrogens is 810 g/mol. The standard InChI is InChI=1S/C45H55NO16/c1-24-29(60-41(54)36(61-32(50)22-57-19-18-56-7)34(27-14-10-8-11-15-27)46-40(53)28-16-12-9-13-17-28)21-45(55)39(52)37-43(6,30(49)20-31-44(37,23-58-31)62-26(3)48)38(51)35(59-25(2)47)33(24)42(45,4)5/h8-17,29-31,34-37,39,49,52,55H,18-23H2,1-7H3,(H,46,53)/t29-,30-,31+,34-,35+,36+,37-,39-,43+,44-,45+/m0/s1. The summed E-state index contributed by atoms with van der Waals surface area (Å²) in [6.07, 6.45) is -10.5. The van der Waals surface area contributed by atoms with Gasteiger partial charge < -0.3 is 53.8 Å². The van der Waals surface area contributed by atoms with Crippen LogP contribution in [-0.4, -0.2) is 132 Å². The van der Waals surface area contributed by atoms with Crippen LogP contribution in [-0.2, 0) is 57.1 Å². The van der Waals surface area contributed by atoms with Crippen LogP contribution in [0.1, 0.15) is 76.3 Å². The van der Waals surface area contributed by atoms with E-state index < -0.39 is 119 Å². The predicted molar refractivity (Wildman–Crippen MR) is 215 cm³/mol. The highest BCUT2D eigenvalue weighted by Gasteiger charge is 2.77. The van der Waals surface area contributed by atoms with E-state index in [1.807, 2.05) is 0 Å². The molecule has 0 unspecified atom stereocenters. The van der Waals surface area contributed by atoms with Gasteiger partial charge in [0.25, 0.3) is 5.91 Å². The molecule has 2 aromatic carbocycles. The van der Waals surface area contributed by atoms with Crippen LogP contribution < -0.4 is 5.32 Å². The Balaban J connectivity index is 1.47. The molecule has 3 fully saturated rings. The maximum Gasteiger partial charge on any atom is 0.350 e. The molecule has 2 aromatic rings. The van der Waals surface area contributed by atoms with Crippen molar-refractivity contribution in [1.82, 2.24) is 5.32 Å². The molecule has 17 nitrogen and oxygen atoms in total. The summed E-state index contributed by atoms with van der Waals surface area (Å²) < 4.78 is 39.8. The van der Waals surface area contributed by atoms with Gasteiger partial charge in [0.1, 0.15) is 30.5 Å². The summed E-state index contributed by atoms with van der Waals surface area (Å²) in [6, 6.07) is 15.0. The van der Waals surface area contributed by atoms with E-state index in [4.69, 9.17) is 33.2 Å². The Hall–Kier alpha value is -5.04. The lowest BCUT2D eigenvalue weighted by Gasteiger charge is -2.67. The predicted octanol–water partition coefficient (Wildman–Crippen LogP) is 2.08. The molecule has 1 heterocycles. The average molecular weight is 866 g/mol. The largest absolute Gasteiger partial charge is 0.455 e. The minimum absolute atomic E-state index is 0.0132. The molecule has 336 valence electrons. The number of esters is 4. The first-order chi connectivity index (χ1) is 29.2. The summed E-state index contributed by atoms with van der Waals surface area (Å²) in [7, 11) is 1.45. The minimum atomic E-state index is -2.39. The first-order valence-electron chi connectivity index (χ1n) is 20.4. The normalized spacial score (nSPS) is 31.9. The molecular formula is C45H55NO16. The number of benzene rings is 2. The maximum atomic E-state index is 15.2. The van der Waals surface area contributed by atoms with Gasteiger partial charge >= 0.3 is 23.9 Å². The Bertz CT molecular complexity index is 2070. The Morgan fingerprint density at radius 2 is 1.56 bits per heavy atom. The molecule has 1 saturated heterocycles. The SMILES string of the molecule is COCCOCC(=O)O[C@@H](C(=O)O[C@H]1C[C@@]2(O)[C@@H](O)[C@@H]3[C@]4(OC(C)=O)CO[C@@H]4C[C@H](O)[C@@]3(C)C(=O)[C@H](OC(C)=O)C(=C1C)C2(C)C)[C@@H](NC(=O)c1ccccc1)c1ccccc1. The van der Waals surface area contributed by atoms with Crippen LogP contribution in [0.25, 0.3) is 0 Å². The van der Waals surface area contributed by atoms with Crippen LogP contribution in [0.5, 0.6) is 0 Å². The number of aliphatic hydroxyl groups excluding tert-OH is 2. The number of fused-ring (bicyclic) bond motifs is 5. The quantitative estimate of drug-likeness (QED) is 0.0920. The molecule has 11 atom stereocenters. The fourth-order valence-electron chi connectivity index (χ4n) is 9.88. The van der Waals surface area contributed by atoms with Crippen LogP contribution in [0.2, 0.25) is 0 Å². The third-order valence-corrected chi connectivity index (χ3v) is 13.2. The molecule has 6 rings (SSSR count). The zero-order chi connectivity index (χ0) is 45.4. The van der Waals surface area contributed by atoms with Crippen LogP contribution in [0.4, 0.5) is 0 Å². The van der Waals surface area contributed by atoms with E-state index in [9.17, 15) is 39.3 Å². The van der Waals surface area contributed by atoms with Gasteiger partial charge in [0.2, 0.25) is 6.10 Å². The molecule has 4 aliphatic rings. The van der Waals surface area contributed by atoms with Gasteiger partial charge in [-0.2, -0.15) is 0 Å². The molecule has 4 N–H and O–H groups in total. The highest BCUT2D eigenvalue weighted by atomic mass is 16.6. The number of Topliss-reactive ketones (excluding diaryl/α,β-unsaturated/α-hetero) is 1. The van der Waals surface area contributed by atoms with Gasteiger partial charge in [-0.25, -0.2) is 9.59 Å². The molecule has 2 saturated carbocycles. The summed E-state index contributed by atoms with van der Waals surface area (Å²) >= 11 is 0. The van der Waals surface area contributed by atoms with Crippen molar-refractivity contribution in [3.63, 3.8) is 0 Å². The van der Waals surface area contributed by atoms with Crippen molar-refractivity contribution >= 4 is 35.6 Å². The summed E-state index contributed by atoms with van der Waals surface area (Å²) in [5, 5.41) is 40.5. The first-order valence-corrected chi connectivity index (χ1v) is 20.4. The Morgan fingerprint density at radius 3 is 2.15 bits per heavy atom. The number of ether oxygens (including phenoxy) is 7. The van der Waals surface area contributed by atoms with Gasteiger partial charge in [-0.3, -0.25) is 19.2 Å². The highest BCUT2D eigenvalue weighted by Crippen LogP contribution is 2.63. The van der Waals surface area contributed by atoms with E-state index in [0.29, 0.717) is 5.56 Å². The second-order valence-electron chi connectivity index (χ2n) is 17.1. The van der Waals surface area contributed by atoms with Gasteiger partial charge in [0.15, 0.2) is 17.5 Å². The first kappa shape index (κ1) is 46.5. The second-order valence-corrected chi connectivity index (χ2v) is 17.1. The number of ketones is 1. The monoisotopic (exact) mass is 865 g/mol. The number of hydrogen-bond donors (Lipinski definition) is 4. The lowest BCUT2D eigenvalue weighted by molar-refractivity contribution is -0.346. The molecule has 62 heavy (non-hydrogen) atoms. The van der Waals surface area contributed by atoms with Gasteiger partial charge in [0.05, 0.1) is 37.4 Å².